The predicted octanol–water partition coefficient (Wildman–Crippen LogP) is 0.899. The first-order valence-corrected chi connectivity index (χ1v) is 3.60. The summed E-state index contributed by atoms with van der Waals surface area (Å²) >= 11 is 0. The first kappa shape index (κ1) is 9.88. The van der Waals surface area contributed by atoms with Crippen LogP contribution in [0.4, 0.5) is 0 Å². The minimum Gasteiger partial charge on any atom is -0.404 e. The highest BCUT2D eigenvalue weighted by atomic mass is 16.1. The summed E-state index contributed by atoms with van der Waals surface area (Å²) in [6.45, 7) is 3.74. The van der Waals surface area contributed by atoms with Crippen molar-refractivity contribution in [3.63, 3.8) is 0 Å². The molecule has 0 aliphatic rings. The Hall–Kier alpha value is -1.12. The highest BCUT2D eigenvalue weighted by Crippen LogP contribution is 1.92. The van der Waals surface area contributed by atoms with Crippen LogP contribution >= 0.6 is 0 Å². The molecule has 0 amide bonds. The largest absolute Gasteiger partial charge is 0.404 e. The molecule has 0 aromatic carbocycles. The maximum atomic E-state index is 10.4. The summed E-state index contributed by atoms with van der Waals surface area (Å²) in [6, 6.07) is 0. The molecular formula is C8H14N2O. The van der Waals surface area contributed by atoms with Crippen LogP contribution in [0, 0.1) is 0 Å². The van der Waals surface area contributed by atoms with E-state index in [1.165, 1.54) is 13.1 Å². The number of nitrogens with zero attached hydrogens (tertiary/aromatic N) is 1. The summed E-state index contributed by atoms with van der Waals surface area (Å²) in [5, 5.41) is 0. The lowest BCUT2D eigenvalue weighted by Crippen LogP contribution is -1.96. The van der Waals surface area contributed by atoms with Crippen LogP contribution < -0.4 is 5.73 Å². The molecule has 62 valence electrons. The van der Waals surface area contributed by atoms with E-state index >= 15 is 0 Å². The number of carbonyl (C=O) groups is 1. The number of hydrogen-bond acceptors (Lipinski definition) is 3. The van der Waals surface area contributed by atoms with Crippen LogP contribution in [-0.2, 0) is 4.79 Å². The van der Waals surface area contributed by atoms with Crippen LogP contribution in [0.1, 0.15) is 20.3 Å². The molecule has 3 nitrogen and oxygen atoms in total. The molecule has 0 saturated heterocycles. The molecule has 0 spiro atoms. The third-order valence-corrected chi connectivity index (χ3v) is 1.19. The van der Waals surface area contributed by atoms with Crippen molar-refractivity contribution in [2.45, 2.75) is 20.3 Å². The van der Waals surface area contributed by atoms with Crippen molar-refractivity contribution in [1.82, 2.24) is 0 Å². The van der Waals surface area contributed by atoms with E-state index < -0.39 is 0 Å². The zero-order valence-electron chi connectivity index (χ0n) is 7.00. The lowest BCUT2D eigenvalue weighted by atomic mass is 10.2. The maximum absolute atomic E-state index is 10.4. The molecule has 0 saturated carbocycles. The van der Waals surface area contributed by atoms with Gasteiger partial charge in [0.05, 0.1) is 6.54 Å². The number of nitrogens with two attached hydrogens (primary N) is 1. The van der Waals surface area contributed by atoms with Crippen molar-refractivity contribution in [2.24, 2.45) is 10.7 Å². The fourth-order valence-electron chi connectivity index (χ4n) is 0.544. The molecular weight excluding hydrogens is 140 g/mol. The monoisotopic (exact) mass is 154 g/mol. The Bertz CT molecular complexity index is 183. The summed E-state index contributed by atoms with van der Waals surface area (Å²) in [4.78, 5) is 14.3. The highest BCUT2D eigenvalue weighted by molar-refractivity contribution is 5.83. The molecule has 2 N–H and O–H groups in total. The second-order valence-electron chi connectivity index (χ2n) is 2.27. The molecule has 11 heavy (non-hydrogen) atoms. The van der Waals surface area contributed by atoms with E-state index in [4.69, 9.17) is 5.73 Å². The Morgan fingerprint density at radius 3 is 2.64 bits per heavy atom. The van der Waals surface area contributed by atoms with Crippen LogP contribution in [0.2, 0.25) is 0 Å². The molecule has 3 heteroatoms. The van der Waals surface area contributed by atoms with Crippen LogP contribution in [0.5, 0.6) is 0 Å². The van der Waals surface area contributed by atoms with Crippen molar-refractivity contribution >= 4 is 12.0 Å². The molecule has 0 aliphatic heterocycles. The van der Waals surface area contributed by atoms with Gasteiger partial charge >= 0.3 is 0 Å². The van der Waals surface area contributed by atoms with E-state index in [0.29, 0.717) is 0 Å². The van der Waals surface area contributed by atoms with Crippen molar-refractivity contribution in [3.8, 4) is 0 Å². The molecule has 0 unspecified atom stereocenters. The minimum absolute atomic E-state index is 0.0636. The number of Topliss-reactive ketones (excluding diaryl/α,β-unsaturated/α-hetero) is 1. The minimum atomic E-state index is 0.0636. The van der Waals surface area contributed by atoms with Gasteiger partial charge < -0.3 is 5.73 Å². The third-order valence-electron chi connectivity index (χ3n) is 1.19. The first-order valence-electron chi connectivity index (χ1n) is 3.60. The van der Waals surface area contributed by atoms with Gasteiger partial charge in [-0.05, 0) is 25.1 Å². The number of hydrogen-bond donors (Lipinski definition) is 1. The molecule has 0 aromatic heterocycles. The molecule has 0 aromatic rings. The number of aliphatic imine (C=N–C) groups is 1. The van der Waals surface area contributed by atoms with Gasteiger partial charge in [-0.1, -0.05) is 6.92 Å². The van der Waals surface area contributed by atoms with Crippen LogP contribution in [0.15, 0.2) is 16.8 Å². The van der Waals surface area contributed by atoms with Crippen LogP contribution in [0.25, 0.3) is 0 Å². The second-order valence-corrected chi connectivity index (χ2v) is 2.27. The Morgan fingerprint density at radius 2 is 2.27 bits per heavy atom. The number of ketones is 1. The quantitative estimate of drug-likeness (QED) is 0.611. The predicted molar refractivity (Wildman–Crippen MR) is 46.6 cm³/mol. The standard InChI is InChI=1S/C8H14N2O/c1-3-8(4-9)6-10-5-7(2)11/h4,6H,3,5,9H2,1-2H3. The Labute approximate surface area is 67.0 Å². The summed E-state index contributed by atoms with van der Waals surface area (Å²) in [7, 11) is 0. The van der Waals surface area contributed by atoms with E-state index in [0.717, 1.165) is 12.0 Å². The first-order chi connectivity index (χ1) is 5.20. The molecule has 0 bridgehead atoms. The van der Waals surface area contributed by atoms with Gasteiger partial charge in [-0.2, -0.15) is 0 Å². The average molecular weight is 154 g/mol. The van der Waals surface area contributed by atoms with Gasteiger partial charge in [-0.15, -0.1) is 0 Å². The number of rotatable bonds is 4. The van der Waals surface area contributed by atoms with E-state index in [2.05, 4.69) is 4.99 Å². The number of carbonyl (C=O) groups excluding carboxylic acids is 1. The van der Waals surface area contributed by atoms with Gasteiger partial charge in [0.1, 0.15) is 0 Å². The summed E-state index contributed by atoms with van der Waals surface area (Å²) in [5.41, 5.74) is 6.21. The SMILES string of the molecule is CCC(C=NCC(C)=O)=CN. The fraction of sp³-hybridized carbons (Fsp3) is 0.500. The normalized spacial score (nSPS) is 12.4. The lowest BCUT2D eigenvalue weighted by Gasteiger charge is -1.91. The summed E-state index contributed by atoms with van der Waals surface area (Å²) in [5.74, 6) is 0.0636. The van der Waals surface area contributed by atoms with Crippen LogP contribution in [0.3, 0.4) is 0 Å². The molecule has 0 heterocycles. The number of allylic oxidation sites excluding steroid dienone is 1. The van der Waals surface area contributed by atoms with Gasteiger partial charge in [0.15, 0.2) is 5.78 Å². The molecule has 0 atom stereocenters. The van der Waals surface area contributed by atoms with E-state index in [1.807, 2.05) is 6.92 Å². The Kier molecular flexibility index (Phi) is 5.07. The zero-order valence-corrected chi connectivity index (χ0v) is 7.00. The highest BCUT2D eigenvalue weighted by Gasteiger charge is 1.88. The average Bonchev–Trinajstić information content (AvgIpc) is 1.98. The van der Waals surface area contributed by atoms with Crippen molar-refractivity contribution in [1.29, 1.82) is 0 Å². The molecule has 0 radical (unpaired) electrons. The second kappa shape index (κ2) is 5.65. The Morgan fingerprint density at radius 1 is 1.64 bits per heavy atom. The Balaban J connectivity index is 3.81. The van der Waals surface area contributed by atoms with E-state index in [9.17, 15) is 4.79 Å². The molecule has 0 fully saturated rings. The van der Waals surface area contributed by atoms with Gasteiger partial charge in [0.25, 0.3) is 0 Å². The van der Waals surface area contributed by atoms with Crippen molar-refractivity contribution < 1.29 is 4.79 Å². The van der Waals surface area contributed by atoms with Gasteiger partial charge in [0.2, 0.25) is 0 Å². The maximum Gasteiger partial charge on any atom is 0.151 e. The third kappa shape index (κ3) is 5.33. The summed E-state index contributed by atoms with van der Waals surface area (Å²) in [6.07, 6.45) is 3.99. The zero-order chi connectivity index (χ0) is 8.69. The van der Waals surface area contributed by atoms with Crippen molar-refractivity contribution in [3.05, 3.63) is 11.8 Å². The summed E-state index contributed by atoms with van der Waals surface area (Å²) < 4.78 is 0. The van der Waals surface area contributed by atoms with E-state index in [1.54, 1.807) is 6.21 Å². The van der Waals surface area contributed by atoms with Gasteiger partial charge in [-0.3, -0.25) is 9.79 Å². The van der Waals surface area contributed by atoms with Crippen LogP contribution in [-0.4, -0.2) is 18.5 Å². The smallest absolute Gasteiger partial charge is 0.151 e. The molecule has 0 rings (SSSR count). The van der Waals surface area contributed by atoms with Gasteiger partial charge in [0, 0.05) is 6.21 Å². The fourth-order valence-corrected chi connectivity index (χ4v) is 0.544. The lowest BCUT2D eigenvalue weighted by molar-refractivity contribution is -0.115. The molecule has 0 aliphatic carbocycles. The topological polar surface area (TPSA) is 55.5 Å². The van der Waals surface area contributed by atoms with Gasteiger partial charge in [-0.25, -0.2) is 0 Å². The van der Waals surface area contributed by atoms with E-state index in [-0.39, 0.29) is 12.3 Å². The van der Waals surface area contributed by atoms with Crippen molar-refractivity contribution in [2.75, 3.05) is 6.54 Å².